The van der Waals surface area contributed by atoms with Gasteiger partial charge in [0.1, 0.15) is 4.90 Å². The van der Waals surface area contributed by atoms with Crippen LogP contribution in [0, 0.1) is 6.92 Å². The standard InChI is InChI=1S/C26H22N2O7S2/c1-16-2-8-22(9-3-16)27-26(29)28-14-20-7-5-17(10-21(20)15-28)18-4-6-19-11-23(36(30,31)32)13-25(24(19)12-18)37(33,34)35/h2-13H,14-15H2,1H3,(H,27,29)(H,30,31,32)(H,33,34,35). The molecule has 37 heavy (non-hydrogen) atoms. The van der Waals surface area contributed by atoms with Crippen molar-refractivity contribution in [2.75, 3.05) is 5.32 Å². The lowest BCUT2D eigenvalue weighted by atomic mass is 9.98. The lowest BCUT2D eigenvalue weighted by Gasteiger charge is -2.16. The van der Waals surface area contributed by atoms with Gasteiger partial charge in [0.25, 0.3) is 20.2 Å². The highest BCUT2D eigenvalue weighted by Crippen LogP contribution is 2.34. The Morgan fingerprint density at radius 2 is 1.43 bits per heavy atom. The van der Waals surface area contributed by atoms with Crippen LogP contribution in [-0.4, -0.2) is 36.9 Å². The van der Waals surface area contributed by atoms with Crippen molar-refractivity contribution in [1.29, 1.82) is 0 Å². The van der Waals surface area contributed by atoms with E-state index in [0.717, 1.165) is 34.4 Å². The largest absolute Gasteiger partial charge is 0.322 e. The highest BCUT2D eigenvalue weighted by Gasteiger charge is 2.24. The minimum atomic E-state index is -4.79. The molecule has 9 nitrogen and oxygen atoms in total. The highest BCUT2D eigenvalue weighted by atomic mass is 32.2. The fourth-order valence-corrected chi connectivity index (χ4v) is 5.74. The van der Waals surface area contributed by atoms with Crippen LogP contribution in [0.15, 0.2) is 82.6 Å². The van der Waals surface area contributed by atoms with E-state index in [0.29, 0.717) is 24.3 Å². The van der Waals surface area contributed by atoms with Crippen LogP contribution < -0.4 is 5.32 Å². The van der Waals surface area contributed by atoms with E-state index in [1.807, 2.05) is 49.4 Å². The maximum atomic E-state index is 12.8. The number of fused-ring (bicyclic) bond motifs is 2. The summed E-state index contributed by atoms with van der Waals surface area (Å²) in [6.07, 6.45) is 0. The molecular weight excluding hydrogens is 516 g/mol. The molecule has 11 heteroatoms. The molecule has 4 aromatic rings. The van der Waals surface area contributed by atoms with E-state index in [1.54, 1.807) is 11.0 Å². The predicted molar refractivity (Wildman–Crippen MR) is 138 cm³/mol. The van der Waals surface area contributed by atoms with Crippen molar-refractivity contribution in [3.63, 3.8) is 0 Å². The van der Waals surface area contributed by atoms with E-state index < -0.39 is 30.0 Å². The number of nitrogens with zero attached hydrogens (tertiary/aromatic N) is 1. The van der Waals surface area contributed by atoms with Crippen molar-refractivity contribution >= 4 is 42.7 Å². The molecule has 0 unspecified atom stereocenters. The second-order valence-corrected chi connectivity index (χ2v) is 11.8. The Labute approximate surface area is 213 Å². The monoisotopic (exact) mass is 538 g/mol. The van der Waals surface area contributed by atoms with Gasteiger partial charge in [-0.05, 0) is 71.0 Å². The number of urea groups is 1. The van der Waals surface area contributed by atoms with Crippen molar-refractivity contribution in [2.24, 2.45) is 0 Å². The molecule has 0 spiro atoms. The summed E-state index contributed by atoms with van der Waals surface area (Å²) < 4.78 is 66.3. The maximum absolute atomic E-state index is 12.8. The summed E-state index contributed by atoms with van der Waals surface area (Å²) in [6, 6.07) is 19.6. The summed E-state index contributed by atoms with van der Waals surface area (Å²) in [5.41, 5.74) is 5.10. The van der Waals surface area contributed by atoms with Crippen LogP contribution in [-0.2, 0) is 33.3 Å². The number of carbonyl (C=O) groups excluding carboxylic acids is 1. The van der Waals surface area contributed by atoms with Gasteiger partial charge < -0.3 is 10.2 Å². The number of hydrogen-bond donors (Lipinski definition) is 3. The third-order valence-electron chi connectivity index (χ3n) is 6.32. The van der Waals surface area contributed by atoms with Crippen LogP contribution in [0.5, 0.6) is 0 Å². The van der Waals surface area contributed by atoms with Gasteiger partial charge in [-0.2, -0.15) is 16.8 Å². The van der Waals surface area contributed by atoms with E-state index in [-0.39, 0.29) is 16.8 Å². The SMILES string of the molecule is Cc1ccc(NC(=O)N2Cc3ccc(-c4ccc5cc(S(=O)(=O)O)cc(S(=O)(=O)O)c5c4)cc3C2)cc1. The predicted octanol–water partition coefficient (Wildman–Crippen LogP) is 4.86. The van der Waals surface area contributed by atoms with E-state index in [2.05, 4.69) is 5.32 Å². The van der Waals surface area contributed by atoms with Gasteiger partial charge in [0, 0.05) is 24.2 Å². The first-order chi connectivity index (χ1) is 17.4. The fourth-order valence-electron chi connectivity index (χ4n) is 4.40. The number of hydrogen-bond acceptors (Lipinski definition) is 5. The van der Waals surface area contributed by atoms with Crippen LogP contribution in [0.2, 0.25) is 0 Å². The Kier molecular flexibility index (Phi) is 6.03. The number of amides is 2. The number of carbonyl (C=O) groups is 1. The Bertz CT molecular complexity index is 1780. The summed E-state index contributed by atoms with van der Waals surface area (Å²) in [4.78, 5) is 13.2. The van der Waals surface area contributed by atoms with Gasteiger partial charge >= 0.3 is 6.03 Å². The molecule has 0 atom stereocenters. The van der Waals surface area contributed by atoms with Gasteiger partial charge in [-0.15, -0.1) is 0 Å². The molecule has 1 heterocycles. The average Bonchev–Trinajstić information content (AvgIpc) is 3.27. The molecule has 4 aromatic carbocycles. The normalized spacial score (nSPS) is 13.5. The Hall–Kier alpha value is -3.77. The fraction of sp³-hybridized carbons (Fsp3) is 0.115. The number of anilines is 1. The molecule has 0 bridgehead atoms. The Morgan fingerprint density at radius 1 is 0.784 bits per heavy atom. The molecule has 2 amide bonds. The molecule has 5 rings (SSSR count). The van der Waals surface area contributed by atoms with Gasteiger partial charge in [0.15, 0.2) is 0 Å². The number of aryl methyl sites for hydroxylation is 1. The minimum absolute atomic E-state index is 0.104. The third kappa shape index (κ3) is 5.07. The lowest BCUT2D eigenvalue weighted by molar-refractivity contribution is 0.212. The molecule has 0 aromatic heterocycles. The third-order valence-corrected chi connectivity index (χ3v) is 8.04. The molecule has 1 aliphatic heterocycles. The van der Waals surface area contributed by atoms with Crippen LogP contribution in [0.25, 0.3) is 21.9 Å². The summed E-state index contributed by atoms with van der Waals surface area (Å²) in [6.45, 7) is 2.80. The van der Waals surface area contributed by atoms with Gasteiger partial charge in [-0.3, -0.25) is 9.11 Å². The summed E-state index contributed by atoms with van der Waals surface area (Å²) in [5, 5.41) is 3.21. The average molecular weight is 539 g/mol. The van der Waals surface area contributed by atoms with Crippen molar-refractivity contribution in [1.82, 2.24) is 4.90 Å². The van der Waals surface area contributed by atoms with Crippen molar-refractivity contribution in [3.05, 3.63) is 89.5 Å². The summed E-state index contributed by atoms with van der Waals surface area (Å²) >= 11 is 0. The van der Waals surface area contributed by atoms with Gasteiger partial charge in [0.2, 0.25) is 0 Å². The van der Waals surface area contributed by atoms with E-state index in [9.17, 15) is 30.7 Å². The minimum Gasteiger partial charge on any atom is -0.316 e. The van der Waals surface area contributed by atoms with Gasteiger partial charge in [0.05, 0.1) is 4.90 Å². The number of benzene rings is 4. The van der Waals surface area contributed by atoms with Crippen LogP contribution in [0.1, 0.15) is 16.7 Å². The van der Waals surface area contributed by atoms with Crippen molar-refractivity contribution in [3.8, 4) is 11.1 Å². The van der Waals surface area contributed by atoms with Gasteiger partial charge in [-0.1, -0.05) is 42.0 Å². The van der Waals surface area contributed by atoms with E-state index in [4.69, 9.17) is 0 Å². The first-order valence-electron chi connectivity index (χ1n) is 11.2. The molecule has 0 saturated carbocycles. The molecule has 0 radical (unpaired) electrons. The smallest absolute Gasteiger partial charge is 0.316 e. The zero-order chi connectivity index (χ0) is 26.5. The lowest BCUT2D eigenvalue weighted by Crippen LogP contribution is -2.30. The topological polar surface area (TPSA) is 141 Å². The highest BCUT2D eigenvalue weighted by molar-refractivity contribution is 7.86. The second kappa shape index (κ2) is 8.96. The van der Waals surface area contributed by atoms with Crippen LogP contribution >= 0.6 is 0 Å². The van der Waals surface area contributed by atoms with E-state index in [1.165, 1.54) is 12.1 Å². The summed E-state index contributed by atoms with van der Waals surface area (Å²) in [5.74, 6) is 0. The quantitative estimate of drug-likeness (QED) is 0.315. The molecule has 0 aliphatic carbocycles. The summed E-state index contributed by atoms with van der Waals surface area (Å²) in [7, 11) is -9.49. The number of rotatable bonds is 4. The Balaban J connectivity index is 1.46. The van der Waals surface area contributed by atoms with Crippen molar-refractivity contribution < 1.29 is 30.7 Å². The molecular formula is C26H22N2O7S2. The Morgan fingerprint density at radius 3 is 2.11 bits per heavy atom. The van der Waals surface area contributed by atoms with Crippen molar-refractivity contribution in [2.45, 2.75) is 29.8 Å². The molecule has 3 N–H and O–H groups in total. The second-order valence-electron chi connectivity index (χ2n) is 8.94. The van der Waals surface area contributed by atoms with Crippen LogP contribution in [0.4, 0.5) is 10.5 Å². The molecule has 0 fully saturated rings. The molecule has 190 valence electrons. The first kappa shape index (κ1) is 24.9. The van der Waals surface area contributed by atoms with Crippen LogP contribution in [0.3, 0.4) is 0 Å². The molecule has 1 aliphatic rings. The maximum Gasteiger partial charge on any atom is 0.322 e. The number of nitrogens with one attached hydrogen (secondary N) is 1. The zero-order valence-electron chi connectivity index (χ0n) is 19.5. The van der Waals surface area contributed by atoms with Gasteiger partial charge in [-0.25, -0.2) is 4.79 Å². The zero-order valence-corrected chi connectivity index (χ0v) is 21.2. The molecule has 0 saturated heterocycles. The first-order valence-corrected chi connectivity index (χ1v) is 14.0. The van der Waals surface area contributed by atoms with E-state index >= 15 is 0 Å².